The van der Waals surface area contributed by atoms with Crippen molar-refractivity contribution in [3.8, 4) is 5.75 Å². The van der Waals surface area contributed by atoms with Gasteiger partial charge >= 0.3 is 12.1 Å². The van der Waals surface area contributed by atoms with Crippen molar-refractivity contribution in [3.05, 3.63) is 41.0 Å². The summed E-state index contributed by atoms with van der Waals surface area (Å²) in [5.41, 5.74) is 1.25. The number of benzene rings is 1. The molecule has 5 N–H and O–H groups in total. The number of halogens is 1. The van der Waals surface area contributed by atoms with Gasteiger partial charge in [-0.1, -0.05) is 17.7 Å². The van der Waals surface area contributed by atoms with E-state index in [-0.39, 0.29) is 28.4 Å². The lowest BCUT2D eigenvalue weighted by atomic mass is 10.1. The van der Waals surface area contributed by atoms with Gasteiger partial charge in [-0.2, -0.15) is 5.10 Å². The van der Waals surface area contributed by atoms with E-state index in [0.717, 1.165) is 0 Å². The van der Waals surface area contributed by atoms with Crippen molar-refractivity contribution in [1.29, 1.82) is 0 Å². The lowest BCUT2D eigenvalue weighted by molar-refractivity contribution is 0.187. The van der Waals surface area contributed by atoms with Gasteiger partial charge < -0.3 is 15.2 Å². The van der Waals surface area contributed by atoms with Gasteiger partial charge in [-0.15, -0.1) is 0 Å². The molecule has 3 aromatic rings. The predicted octanol–water partition coefficient (Wildman–Crippen LogP) is 3.38. The van der Waals surface area contributed by atoms with Crippen LogP contribution >= 0.6 is 11.6 Å². The number of phenolic OH excluding ortho intramolecular Hbond substituents is 1. The van der Waals surface area contributed by atoms with E-state index in [1.54, 1.807) is 25.1 Å². The highest BCUT2D eigenvalue weighted by molar-refractivity contribution is 6.32. The van der Waals surface area contributed by atoms with E-state index in [2.05, 4.69) is 35.9 Å². The summed E-state index contributed by atoms with van der Waals surface area (Å²) in [6.07, 6.45) is 0.803. The number of nitrogens with one attached hydrogen (secondary N) is 4. The van der Waals surface area contributed by atoms with Crippen molar-refractivity contribution in [3.63, 3.8) is 0 Å². The second-order valence-electron chi connectivity index (χ2n) is 5.83. The molecule has 0 spiro atoms. The number of methoxy groups -OCH3 is 1. The van der Waals surface area contributed by atoms with Gasteiger partial charge in [0.1, 0.15) is 11.6 Å². The molecule has 3 amide bonds. The fraction of sp³-hybridized carbons (Fsp3) is 0.176. The van der Waals surface area contributed by atoms with Gasteiger partial charge in [0, 0.05) is 12.3 Å². The van der Waals surface area contributed by atoms with E-state index in [9.17, 15) is 14.7 Å². The van der Waals surface area contributed by atoms with E-state index < -0.39 is 12.1 Å². The number of pyridine rings is 1. The van der Waals surface area contributed by atoms with Crippen molar-refractivity contribution >= 4 is 46.3 Å². The van der Waals surface area contributed by atoms with Gasteiger partial charge in [0.25, 0.3) is 0 Å². The molecule has 28 heavy (non-hydrogen) atoms. The molecule has 0 aliphatic carbocycles. The Balaban J connectivity index is 1.67. The lowest BCUT2D eigenvalue weighted by Gasteiger charge is -2.15. The Kier molecular flexibility index (Phi) is 5.50. The number of fused-ring (bicyclic) bond motifs is 1. The van der Waals surface area contributed by atoms with E-state index in [0.29, 0.717) is 16.5 Å². The molecule has 146 valence electrons. The molecule has 3 rings (SSSR count). The second-order valence-corrected chi connectivity index (χ2v) is 6.24. The number of hydrogen-bond acceptors (Lipinski definition) is 6. The summed E-state index contributed by atoms with van der Waals surface area (Å²) in [6, 6.07) is 5.45. The van der Waals surface area contributed by atoms with Crippen LogP contribution in [0.5, 0.6) is 5.75 Å². The maximum Gasteiger partial charge on any atom is 0.412 e. The van der Waals surface area contributed by atoms with Crippen molar-refractivity contribution in [2.45, 2.75) is 13.0 Å². The van der Waals surface area contributed by atoms with Crippen LogP contribution in [0.15, 0.2) is 30.5 Å². The van der Waals surface area contributed by atoms with Gasteiger partial charge in [0.05, 0.1) is 29.1 Å². The van der Waals surface area contributed by atoms with Gasteiger partial charge in [-0.3, -0.25) is 15.7 Å². The molecular formula is C17H17ClN6O4. The minimum absolute atomic E-state index is 0.0593. The zero-order chi connectivity index (χ0) is 20.3. The fourth-order valence-corrected chi connectivity index (χ4v) is 2.57. The summed E-state index contributed by atoms with van der Waals surface area (Å²) in [4.78, 5) is 27.7. The molecule has 1 unspecified atom stereocenters. The molecular weight excluding hydrogens is 388 g/mol. The number of nitrogens with zero attached hydrogens (tertiary/aromatic N) is 2. The summed E-state index contributed by atoms with van der Waals surface area (Å²) in [5, 5.41) is 25.0. The zero-order valence-corrected chi connectivity index (χ0v) is 15.7. The topological polar surface area (TPSA) is 141 Å². The van der Waals surface area contributed by atoms with Crippen LogP contribution < -0.4 is 16.0 Å². The van der Waals surface area contributed by atoms with Crippen LogP contribution in [0, 0.1) is 0 Å². The first kappa shape index (κ1) is 19.2. The fourth-order valence-electron chi connectivity index (χ4n) is 2.46. The first-order valence-corrected chi connectivity index (χ1v) is 8.50. The largest absolute Gasteiger partial charge is 0.506 e. The summed E-state index contributed by atoms with van der Waals surface area (Å²) < 4.78 is 4.52. The van der Waals surface area contributed by atoms with Crippen LogP contribution in [-0.4, -0.2) is 39.5 Å². The van der Waals surface area contributed by atoms with E-state index in [4.69, 9.17) is 11.6 Å². The average molecular weight is 405 g/mol. The predicted molar refractivity (Wildman–Crippen MR) is 104 cm³/mol. The maximum atomic E-state index is 12.2. The molecule has 11 heteroatoms. The Morgan fingerprint density at radius 3 is 2.79 bits per heavy atom. The number of rotatable bonds is 4. The Morgan fingerprint density at radius 2 is 2.07 bits per heavy atom. The monoisotopic (exact) mass is 404 g/mol. The van der Waals surface area contributed by atoms with E-state index >= 15 is 0 Å². The number of anilines is 2. The Morgan fingerprint density at radius 1 is 1.29 bits per heavy atom. The average Bonchev–Trinajstić information content (AvgIpc) is 3.05. The van der Waals surface area contributed by atoms with Gasteiger partial charge in [0.15, 0.2) is 5.82 Å². The number of aromatic hydroxyl groups is 1. The lowest BCUT2D eigenvalue weighted by Crippen LogP contribution is -2.31. The zero-order valence-electron chi connectivity index (χ0n) is 14.9. The molecule has 10 nitrogen and oxygen atoms in total. The number of H-pyrrole nitrogens is 1. The number of hydrogen-bond donors (Lipinski definition) is 5. The van der Waals surface area contributed by atoms with Crippen molar-refractivity contribution in [1.82, 2.24) is 20.5 Å². The normalized spacial score (nSPS) is 11.7. The Hall–Kier alpha value is -3.53. The highest BCUT2D eigenvalue weighted by atomic mass is 35.5. The number of phenols is 1. The molecule has 0 radical (unpaired) electrons. The standard InChI is InChI=1S/C17H17ClN6O4/c1-8(9-3-4-11(18)13(25)5-9)20-16(26)21-14-6-12-10(7-19-14)15(24-23-12)22-17(27)28-2/h3-8,25H,1-2H3,(H2,19,20,21,26)(H2,22,23,24,27). The minimum Gasteiger partial charge on any atom is -0.506 e. The van der Waals surface area contributed by atoms with Crippen molar-refractivity contribution in [2.75, 3.05) is 17.7 Å². The van der Waals surface area contributed by atoms with Crippen molar-refractivity contribution in [2.24, 2.45) is 0 Å². The van der Waals surface area contributed by atoms with E-state index in [1.165, 1.54) is 19.4 Å². The van der Waals surface area contributed by atoms with Crippen LogP contribution in [0.3, 0.4) is 0 Å². The maximum absolute atomic E-state index is 12.2. The van der Waals surface area contributed by atoms with Crippen molar-refractivity contribution < 1.29 is 19.4 Å². The molecule has 2 heterocycles. The number of aromatic amines is 1. The quantitative estimate of drug-likeness (QED) is 0.451. The highest BCUT2D eigenvalue weighted by Crippen LogP contribution is 2.26. The van der Waals surface area contributed by atoms with Crippen LogP contribution in [0.1, 0.15) is 18.5 Å². The summed E-state index contributed by atoms with van der Waals surface area (Å²) in [5.74, 6) is 0.488. The van der Waals surface area contributed by atoms with Gasteiger partial charge in [-0.05, 0) is 24.6 Å². The minimum atomic E-state index is -0.655. The summed E-state index contributed by atoms with van der Waals surface area (Å²) >= 11 is 5.79. The third-order valence-corrected chi connectivity index (χ3v) is 4.23. The third-order valence-electron chi connectivity index (χ3n) is 3.91. The van der Waals surface area contributed by atoms with E-state index in [1.807, 2.05) is 0 Å². The van der Waals surface area contributed by atoms with Gasteiger partial charge in [-0.25, -0.2) is 14.6 Å². The Labute approximate surface area is 164 Å². The molecule has 0 bridgehead atoms. The number of carbonyl (C=O) groups excluding carboxylic acids is 2. The SMILES string of the molecule is COC(=O)Nc1n[nH]c2cc(NC(=O)NC(C)c3ccc(Cl)c(O)c3)ncc12. The molecule has 0 aliphatic rings. The summed E-state index contributed by atoms with van der Waals surface area (Å²) in [7, 11) is 1.25. The number of aromatic nitrogens is 3. The van der Waals surface area contributed by atoms with Crippen LogP contribution in [0.25, 0.3) is 10.9 Å². The molecule has 0 saturated heterocycles. The smallest absolute Gasteiger partial charge is 0.412 e. The number of amides is 3. The van der Waals surface area contributed by atoms with Crippen LogP contribution in [0.2, 0.25) is 5.02 Å². The molecule has 0 fully saturated rings. The highest BCUT2D eigenvalue weighted by Gasteiger charge is 2.14. The molecule has 0 aliphatic heterocycles. The van der Waals surface area contributed by atoms with Crippen LogP contribution in [0.4, 0.5) is 21.2 Å². The first-order chi connectivity index (χ1) is 13.4. The van der Waals surface area contributed by atoms with Gasteiger partial charge in [0.2, 0.25) is 0 Å². The number of carbonyl (C=O) groups is 2. The third kappa shape index (κ3) is 4.23. The second kappa shape index (κ2) is 8.01. The Bertz CT molecular complexity index is 1040. The summed E-state index contributed by atoms with van der Waals surface area (Å²) in [6.45, 7) is 1.76. The number of urea groups is 1. The molecule has 1 aromatic carbocycles. The molecule has 2 aromatic heterocycles. The molecule has 1 atom stereocenters. The number of ether oxygens (including phenoxy) is 1. The first-order valence-electron chi connectivity index (χ1n) is 8.12. The van der Waals surface area contributed by atoms with Crippen LogP contribution in [-0.2, 0) is 4.74 Å². The molecule has 0 saturated carbocycles.